The van der Waals surface area contributed by atoms with Crippen molar-refractivity contribution in [1.29, 1.82) is 0 Å². The Kier molecular flexibility index (Phi) is 6.04. The maximum absolute atomic E-state index is 4.48. The van der Waals surface area contributed by atoms with Gasteiger partial charge in [0.05, 0.1) is 5.69 Å². The van der Waals surface area contributed by atoms with Crippen molar-refractivity contribution in [2.24, 2.45) is 18.0 Å². The highest BCUT2D eigenvalue weighted by Gasteiger charge is 2.20. The van der Waals surface area contributed by atoms with E-state index in [9.17, 15) is 0 Å². The van der Waals surface area contributed by atoms with Gasteiger partial charge in [-0.15, -0.1) is 0 Å². The summed E-state index contributed by atoms with van der Waals surface area (Å²) in [5.41, 5.74) is 3.58. The first-order valence-corrected chi connectivity index (χ1v) is 8.59. The molecule has 0 amide bonds. The molecule has 1 aromatic heterocycles. The van der Waals surface area contributed by atoms with Crippen molar-refractivity contribution < 1.29 is 0 Å². The van der Waals surface area contributed by atoms with Crippen LogP contribution in [0.1, 0.15) is 30.8 Å². The van der Waals surface area contributed by atoms with E-state index in [2.05, 4.69) is 52.9 Å². The van der Waals surface area contributed by atoms with Gasteiger partial charge in [-0.3, -0.25) is 14.6 Å². The number of nitrogens with zero attached hydrogens (tertiary/aromatic N) is 5. The van der Waals surface area contributed by atoms with Gasteiger partial charge in [0, 0.05) is 64.6 Å². The Hall–Kier alpha value is -1.56. The van der Waals surface area contributed by atoms with Crippen molar-refractivity contribution in [3.8, 4) is 0 Å². The standard InChI is InChI=1S/C17H32N6/c1-13(2)12-22-7-9-23(10-8-22)17(18-5)19-11-16-14(3)20-21(6)15(16)4/h13H,7-12H2,1-6H3,(H,18,19). The summed E-state index contributed by atoms with van der Waals surface area (Å²) in [6.07, 6.45) is 0. The third-order valence-electron chi connectivity index (χ3n) is 4.59. The zero-order valence-corrected chi connectivity index (χ0v) is 15.6. The molecule has 1 aromatic rings. The van der Waals surface area contributed by atoms with E-state index in [4.69, 9.17) is 0 Å². The van der Waals surface area contributed by atoms with E-state index in [-0.39, 0.29) is 0 Å². The molecule has 1 aliphatic heterocycles. The first-order chi connectivity index (χ1) is 10.9. The van der Waals surface area contributed by atoms with Gasteiger partial charge < -0.3 is 10.2 Å². The van der Waals surface area contributed by atoms with E-state index >= 15 is 0 Å². The van der Waals surface area contributed by atoms with Crippen LogP contribution in [0.4, 0.5) is 0 Å². The fraction of sp³-hybridized carbons (Fsp3) is 0.765. The van der Waals surface area contributed by atoms with E-state index in [1.54, 1.807) is 0 Å². The molecule has 0 saturated carbocycles. The van der Waals surface area contributed by atoms with Gasteiger partial charge in [0.2, 0.25) is 0 Å². The molecule has 0 aliphatic carbocycles. The number of aromatic nitrogens is 2. The average Bonchev–Trinajstić information content (AvgIpc) is 2.74. The summed E-state index contributed by atoms with van der Waals surface area (Å²) >= 11 is 0. The highest BCUT2D eigenvalue weighted by atomic mass is 15.3. The van der Waals surface area contributed by atoms with E-state index in [1.807, 2.05) is 18.8 Å². The Labute approximate surface area is 140 Å². The van der Waals surface area contributed by atoms with Gasteiger partial charge in [-0.05, 0) is 19.8 Å². The summed E-state index contributed by atoms with van der Waals surface area (Å²) < 4.78 is 1.94. The van der Waals surface area contributed by atoms with Crippen LogP contribution in [-0.4, -0.2) is 65.3 Å². The molecule has 0 spiro atoms. The predicted octanol–water partition coefficient (Wildman–Crippen LogP) is 1.39. The van der Waals surface area contributed by atoms with Crippen molar-refractivity contribution in [3.05, 3.63) is 17.0 Å². The van der Waals surface area contributed by atoms with E-state index < -0.39 is 0 Å². The molecule has 6 heteroatoms. The minimum Gasteiger partial charge on any atom is -0.352 e. The number of piperazine rings is 1. The van der Waals surface area contributed by atoms with Gasteiger partial charge in [0.1, 0.15) is 0 Å². The summed E-state index contributed by atoms with van der Waals surface area (Å²) in [6.45, 7) is 15.0. The zero-order valence-electron chi connectivity index (χ0n) is 15.6. The van der Waals surface area contributed by atoms with Crippen molar-refractivity contribution in [1.82, 2.24) is 24.9 Å². The van der Waals surface area contributed by atoms with Gasteiger partial charge >= 0.3 is 0 Å². The summed E-state index contributed by atoms with van der Waals surface area (Å²) in [6, 6.07) is 0. The quantitative estimate of drug-likeness (QED) is 0.673. The van der Waals surface area contributed by atoms with Crippen LogP contribution in [0.3, 0.4) is 0 Å². The molecule has 6 nitrogen and oxygen atoms in total. The molecule has 2 heterocycles. The first kappa shape index (κ1) is 17.8. The average molecular weight is 320 g/mol. The second-order valence-electron chi connectivity index (χ2n) is 6.86. The van der Waals surface area contributed by atoms with Crippen molar-refractivity contribution in [2.75, 3.05) is 39.8 Å². The molecule has 1 N–H and O–H groups in total. The summed E-state index contributed by atoms with van der Waals surface area (Å²) in [7, 11) is 3.86. The molecule has 0 atom stereocenters. The van der Waals surface area contributed by atoms with Gasteiger partial charge in [-0.1, -0.05) is 13.8 Å². The van der Waals surface area contributed by atoms with Crippen molar-refractivity contribution in [2.45, 2.75) is 34.2 Å². The van der Waals surface area contributed by atoms with Crippen LogP contribution < -0.4 is 5.32 Å². The summed E-state index contributed by atoms with van der Waals surface area (Å²) in [4.78, 5) is 9.37. The monoisotopic (exact) mass is 320 g/mol. The Balaban J connectivity index is 1.89. The van der Waals surface area contributed by atoms with Crippen molar-refractivity contribution in [3.63, 3.8) is 0 Å². The molecule has 0 radical (unpaired) electrons. The summed E-state index contributed by atoms with van der Waals surface area (Å²) in [5.74, 6) is 1.73. The second kappa shape index (κ2) is 7.81. The minimum atomic E-state index is 0.732. The Morgan fingerprint density at radius 2 is 1.87 bits per heavy atom. The lowest BCUT2D eigenvalue weighted by Crippen LogP contribution is -2.52. The number of hydrogen-bond donors (Lipinski definition) is 1. The number of aryl methyl sites for hydroxylation is 2. The molecular weight excluding hydrogens is 288 g/mol. The fourth-order valence-corrected chi connectivity index (χ4v) is 3.23. The normalized spacial score (nSPS) is 17.2. The Morgan fingerprint density at radius 3 is 2.35 bits per heavy atom. The van der Waals surface area contributed by atoms with Crippen molar-refractivity contribution >= 4 is 5.96 Å². The van der Waals surface area contributed by atoms with Crippen LogP contribution in [-0.2, 0) is 13.6 Å². The number of nitrogens with one attached hydrogen (secondary N) is 1. The molecule has 130 valence electrons. The molecule has 1 fully saturated rings. The lowest BCUT2D eigenvalue weighted by molar-refractivity contribution is 0.164. The molecule has 0 unspecified atom stereocenters. The van der Waals surface area contributed by atoms with E-state index in [0.29, 0.717) is 0 Å². The molecule has 0 aromatic carbocycles. The molecule has 23 heavy (non-hydrogen) atoms. The second-order valence-corrected chi connectivity index (χ2v) is 6.86. The molecular formula is C17H32N6. The van der Waals surface area contributed by atoms with Gasteiger partial charge in [-0.25, -0.2) is 0 Å². The maximum Gasteiger partial charge on any atom is 0.194 e. The highest BCUT2D eigenvalue weighted by molar-refractivity contribution is 5.80. The van der Waals surface area contributed by atoms with Crippen LogP contribution >= 0.6 is 0 Å². The minimum absolute atomic E-state index is 0.732. The van der Waals surface area contributed by atoms with Crippen LogP contribution in [0.2, 0.25) is 0 Å². The van der Waals surface area contributed by atoms with Crippen LogP contribution in [0.5, 0.6) is 0 Å². The SMILES string of the molecule is CN=C(NCc1c(C)nn(C)c1C)N1CCN(CC(C)C)CC1. The molecule has 0 bridgehead atoms. The maximum atomic E-state index is 4.48. The van der Waals surface area contributed by atoms with Crippen LogP contribution in [0, 0.1) is 19.8 Å². The lowest BCUT2D eigenvalue weighted by atomic mass is 10.2. The molecule has 1 saturated heterocycles. The highest BCUT2D eigenvalue weighted by Crippen LogP contribution is 2.12. The third-order valence-corrected chi connectivity index (χ3v) is 4.59. The number of rotatable bonds is 4. The topological polar surface area (TPSA) is 48.7 Å². The van der Waals surface area contributed by atoms with Crippen LogP contribution in [0.25, 0.3) is 0 Å². The first-order valence-electron chi connectivity index (χ1n) is 8.59. The molecule has 2 rings (SSSR count). The van der Waals surface area contributed by atoms with Gasteiger partial charge in [-0.2, -0.15) is 5.10 Å². The smallest absolute Gasteiger partial charge is 0.194 e. The number of hydrogen-bond acceptors (Lipinski definition) is 3. The Morgan fingerprint density at radius 1 is 1.22 bits per heavy atom. The van der Waals surface area contributed by atoms with Gasteiger partial charge in [0.15, 0.2) is 5.96 Å². The predicted molar refractivity (Wildman–Crippen MR) is 95.7 cm³/mol. The fourth-order valence-electron chi connectivity index (χ4n) is 3.23. The van der Waals surface area contributed by atoms with Crippen LogP contribution in [0.15, 0.2) is 4.99 Å². The van der Waals surface area contributed by atoms with E-state index in [1.165, 1.54) is 17.8 Å². The Bertz CT molecular complexity index is 538. The number of guanidine groups is 1. The zero-order chi connectivity index (χ0) is 17.0. The van der Waals surface area contributed by atoms with E-state index in [0.717, 1.165) is 50.3 Å². The number of aliphatic imine (C=N–C) groups is 1. The van der Waals surface area contributed by atoms with Gasteiger partial charge in [0.25, 0.3) is 0 Å². The summed E-state index contributed by atoms with van der Waals surface area (Å²) in [5, 5.41) is 7.99. The largest absolute Gasteiger partial charge is 0.352 e. The third kappa shape index (κ3) is 4.47. The lowest BCUT2D eigenvalue weighted by Gasteiger charge is -2.37. The molecule has 1 aliphatic rings.